The molecular weight excluding hydrogens is 404 g/mol. The molecule has 1 aromatic carbocycles. The van der Waals surface area contributed by atoms with Crippen molar-refractivity contribution in [3.05, 3.63) is 59.2 Å². The highest BCUT2D eigenvalue weighted by atomic mass is 16.5. The molecule has 0 aliphatic rings. The number of benzene rings is 1. The molecule has 0 fully saturated rings. The van der Waals surface area contributed by atoms with Gasteiger partial charge in [-0.2, -0.15) is 0 Å². The molecule has 0 aliphatic heterocycles. The number of nitrogens with one attached hydrogen (secondary N) is 1. The molecule has 0 saturated heterocycles. The van der Waals surface area contributed by atoms with E-state index in [1.165, 1.54) is 20.3 Å². The van der Waals surface area contributed by atoms with Crippen molar-refractivity contribution in [3.8, 4) is 23.0 Å². The minimum absolute atomic E-state index is 0.0108. The fraction of sp³-hybridized carbons (Fsp3) is 0.238. The maximum Gasteiger partial charge on any atom is 0.354 e. The first kappa shape index (κ1) is 21.8. The second-order valence-electron chi connectivity index (χ2n) is 6.59. The minimum Gasteiger partial charge on any atom is -0.493 e. The van der Waals surface area contributed by atoms with Crippen LogP contribution in [0.1, 0.15) is 45.4 Å². The maximum atomic E-state index is 12.8. The van der Waals surface area contributed by atoms with E-state index in [2.05, 4.69) is 15.3 Å². The first-order valence-corrected chi connectivity index (χ1v) is 9.30. The Balaban J connectivity index is 1.86. The average molecular weight is 426 g/mol. The van der Waals surface area contributed by atoms with E-state index in [1.54, 1.807) is 37.3 Å². The van der Waals surface area contributed by atoms with Gasteiger partial charge in [-0.05, 0) is 37.3 Å². The molecule has 10 heteroatoms. The lowest BCUT2D eigenvalue weighted by Crippen LogP contribution is -2.26. The minimum atomic E-state index is -1.15. The summed E-state index contributed by atoms with van der Waals surface area (Å²) in [7, 11) is 3.04. The number of amides is 1. The predicted molar refractivity (Wildman–Crippen MR) is 110 cm³/mol. The molecule has 0 aliphatic carbocycles. The molecule has 10 nitrogen and oxygen atoms in total. The van der Waals surface area contributed by atoms with Crippen LogP contribution in [0.5, 0.6) is 11.5 Å². The van der Waals surface area contributed by atoms with Crippen molar-refractivity contribution in [2.75, 3.05) is 14.2 Å². The number of methoxy groups -OCH3 is 2. The summed E-state index contributed by atoms with van der Waals surface area (Å²) in [4.78, 5) is 32.1. The van der Waals surface area contributed by atoms with Gasteiger partial charge in [0.1, 0.15) is 5.69 Å². The van der Waals surface area contributed by atoms with Gasteiger partial charge in [-0.25, -0.2) is 14.8 Å². The Morgan fingerprint density at radius 3 is 2.55 bits per heavy atom. The van der Waals surface area contributed by atoms with Crippen LogP contribution in [0, 0.1) is 0 Å². The van der Waals surface area contributed by atoms with Crippen molar-refractivity contribution in [2.24, 2.45) is 5.73 Å². The zero-order valence-electron chi connectivity index (χ0n) is 17.2. The van der Waals surface area contributed by atoms with Gasteiger partial charge < -0.3 is 30.0 Å². The number of carbonyl (C=O) groups is 2. The van der Waals surface area contributed by atoms with E-state index < -0.39 is 17.9 Å². The van der Waals surface area contributed by atoms with Gasteiger partial charge in [0.05, 0.1) is 32.5 Å². The Morgan fingerprint density at radius 1 is 1.16 bits per heavy atom. The van der Waals surface area contributed by atoms with Crippen LogP contribution in [0.15, 0.2) is 40.8 Å². The van der Waals surface area contributed by atoms with Gasteiger partial charge in [-0.3, -0.25) is 4.79 Å². The summed E-state index contributed by atoms with van der Waals surface area (Å²) < 4.78 is 16.3. The quantitative estimate of drug-likeness (QED) is 0.493. The molecular formula is C21H22N4O6. The molecule has 3 rings (SSSR count). The summed E-state index contributed by atoms with van der Waals surface area (Å²) in [6.07, 6.45) is 0. The molecule has 0 radical (unpaired) electrons. The standard InChI is InChI=1S/C21H22N4O6/c1-11(22)18-17(19(26)23-10-13-5-4-6-14(24-13)21(27)28)25-20(31-18)12-7-8-15(29-2)16(9-12)30-3/h4-9,11H,10,22H2,1-3H3,(H,23,26)(H,27,28)/t11-/m0/s1. The lowest BCUT2D eigenvalue weighted by Gasteiger charge is -2.07. The van der Waals surface area contributed by atoms with Crippen molar-refractivity contribution >= 4 is 11.9 Å². The topological polar surface area (TPSA) is 150 Å². The van der Waals surface area contributed by atoms with Gasteiger partial charge in [-0.1, -0.05) is 6.07 Å². The van der Waals surface area contributed by atoms with Crippen LogP contribution in [0.2, 0.25) is 0 Å². The van der Waals surface area contributed by atoms with Crippen LogP contribution in [-0.2, 0) is 6.54 Å². The largest absolute Gasteiger partial charge is 0.493 e. The summed E-state index contributed by atoms with van der Waals surface area (Å²) in [6.45, 7) is 1.68. The van der Waals surface area contributed by atoms with Gasteiger partial charge in [0.2, 0.25) is 5.89 Å². The number of aromatic carboxylic acids is 1. The number of nitrogens with two attached hydrogens (primary N) is 1. The van der Waals surface area contributed by atoms with Crippen molar-refractivity contribution < 1.29 is 28.6 Å². The maximum absolute atomic E-state index is 12.8. The molecule has 0 bridgehead atoms. The van der Waals surface area contributed by atoms with Crippen LogP contribution in [-0.4, -0.2) is 41.2 Å². The Morgan fingerprint density at radius 2 is 1.90 bits per heavy atom. The van der Waals surface area contributed by atoms with Crippen LogP contribution in [0.25, 0.3) is 11.5 Å². The fourth-order valence-corrected chi connectivity index (χ4v) is 2.85. The zero-order chi connectivity index (χ0) is 22.5. The smallest absolute Gasteiger partial charge is 0.354 e. The predicted octanol–water partition coefficient (Wildman–Crippen LogP) is 2.40. The lowest BCUT2D eigenvalue weighted by atomic mass is 10.2. The number of aromatic nitrogens is 2. The van der Waals surface area contributed by atoms with Gasteiger partial charge in [0.25, 0.3) is 5.91 Å². The Kier molecular flexibility index (Phi) is 6.51. The fourth-order valence-electron chi connectivity index (χ4n) is 2.85. The molecule has 0 unspecified atom stereocenters. The molecule has 162 valence electrons. The van der Waals surface area contributed by atoms with Crippen molar-refractivity contribution in [1.82, 2.24) is 15.3 Å². The molecule has 0 spiro atoms. The lowest BCUT2D eigenvalue weighted by molar-refractivity contribution is 0.0690. The van der Waals surface area contributed by atoms with Gasteiger partial charge >= 0.3 is 5.97 Å². The number of hydrogen-bond acceptors (Lipinski definition) is 8. The molecule has 1 amide bonds. The summed E-state index contributed by atoms with van der Waals surface area (Å²) in [5.74, 6) is -0.233. The molecule has 31 heavy (non-hydrogen) atoms. The van der Waals surface area contributed by atoms with E-state index in [0.717, 1.165) is 0 Å². The van der Waals surface area contributed by atoms with Crippen LogP contribution >= 0.6 is 0 Å². The highest BCUT2D eigenvalue weighted by molar-refractivity contribution is 5.94. The normalized spacial score (nSPS) is 11.6. The van der Waals surface area contributed by atoms with E-state index in [9.17, 15) is 9.59 Å². The van der Waals surface area contributed by atoms with Crippen molar-refractivity contribution in [1.29, 1.82) is 0 Å². The van der Waals surface area contributed by atoms with E-state index in [0.29, 0.717) is 22.8 Å². The zero-order valence-corrected chi connectivity index (χ0v) is 17.2. The number of carboxylic acids is 1. The number of rotatable bonds is 8. The summed E-state index contributed by atoms with van der Waals surface area (Å²) in [6, 6.07) is 9.04. The van der Waals surface area contributed by atoms with Crippen LogP contribution in [0.4, 0.5) is 0 Å². The third kappa shape index (κ3) is 4.81. The number of hydrogen-bond donors (Lipinski definition) is 3. The van der Waals surface area contributed by atoms with E-state index in [-0.39, 0.29) is 29.6 Å². The van der Waals surface area contributed by atoms with E-state index in [1.807, 2.05) is 0 Å². The number of nitrogens with zero attached hydrogens (tertiary/aromatic N) is 2. The number of carbonyl (C=O) groups excluding carboxylic acids is 1. The first-order chi connectivity index (χ1) is 14.8. The van der Waals surface area contributed by atoms with E-state index in [4.69, 9.17) is 24.7 Å². The number of carboxylic acid groups (broad SMARTS) is 1. The van der Waals surface area contributed by atoms with Crippen LogP contribution in [0.3, 0.4) is 0 Å². The van der Waals surface area contributed by atoms with E-state index >= 15 is 0 Å². The highest BCUT2D eigenvalue weighted by Gasteiger charge is 2.24. The van der Waals surface area contributed by atoms with Crippen LogP contribution < -0.4 is 20.5 Å². The number of pyridine rings is 1. The average Bonchev–Trinajstić information content (AvgIpc) is 3.23. The number of ether oxygens (including phenoxy) is 2. The third-order valence-corrected chi connectivity index (χ3v) is 4.37. The summed E-state index contributed by atoms with van der Waals surface area (Å²) in [5.41, 5.74) is 6.86. The SMILES string of the molecule is COc1ccc(-c2nc(C(=O)NCc3cccc(C(=O)O)n3)c([C@H](C)N)o2)cc1OC. The van der Waals surface area contributed by atoms with Crippen molar-refractivity contribution in [3.63, 3.8) is 0 Å². The molecule has 2 aromatic heterocycles. The molecule has 0 saturated carbocycles. The van der Waals surface area contributed by atoms with Crippen molar-refractivity contribution in [2.45, 2.75) is 19.5 Å². The summed E-state index contributed by atoms with van der Waals surface area (Å²) >= 11 is 0. The van der Waals surface area contributed by atoms with Gasteiger partial charge in [-0.15, -0.1) is 0 Å². The van der Waals surface area contributed by atoms with Gasteiger partial charge in [0.15, 0.2) is 23.0 Å². The second-order valence-corrected chi connectivity index (χ2v) is 6.59. The molecule has 1 atom stereocenters. The third-order valence-electron chi connectivity index (χ3n) is 4.37. The molecule has 3 aromatic rings. The monoisotopic (exact) mass is 426 g/mol. The Hall–Kier alpha value is -3.92. The first-order valence-electron chi connectivity index (χ1n) is 9.30. The molecule has 4 N–H and O–H groups in total. The number of oxazole rings is 1. The highest BCUT2D eigenvalue weighted by Crippen LogP contribution is 2.33. The second kappa shape index (κ2) is 9.26. The molecule has 2 heterocycles. The summed E-state index contributed by atoms with van der Waals surface area (Å²) in [5, 5.41) is 11.7. The Bertz CT molecular complexity index is 1110. The van der Waals surface area contributed by atoms with Gasteiger partial charge in [0, 0.05) is 5.56 Å². The Labute approximate surface area is 178 Å².